The van der Waals surface area contributed by atoms with Crippen LogP contribution in [0.5, 0.6) is 17.2 Å². The molecule has 0 saturated heterocycles. The van der Waals surface area contributed by atoms with E-state index in [4.69, 9.17) is 18.7 Å². The van der Waals surface area contributed by atoms with Crippen LogP contribution in [0.1, 0.15) is 39.9 Å². The van der Waals surface area contributed by atoms with Crippen molar-refractivity contribution in [1.82, 2.24) is 10.1 Å². The highest BCUT2D eigenvalue weighted by Crippen LogP contribution is 2.34. The normalized spacial score (nSPS) is 12.5. The van der Waals surface area contributed by atoms with Gasteiger partial charge in [0.25, 0.3) is 5.91 Å². The van der Waals surface area contributed by atoms with E-state index in [0.29, 0.717) is 44.2 Å². The second-order valence-corrected chi connectivity index (χ2v) is 7.38. The van der Waals surface area contributed by atoms with E-state index in [9.17, 15) is 4.79 Å². The maximum Gasteiger partial charge on any atom is 0.254 e. The number of aryl methyl sites for hydroxylation is 2. The number of para-hydroxylation sites is 1. The molecule has 3 aromatic rings. The predicted octanol–water partition coefficient (Wildman–Crippen LogP) is 4.30. The van der Waals surface area contributed by atoms with Gasteiger partial charge in [-0.1, -0.05) is 17.3 Å². The molecule has 1 aromatic heterocycles. The summed E-state index contributed by atoms with van der Waals surface area (Å²) in [5.41, 5.74) is 3.30. The SMILES string of the molecule is CCN(Cc1cccc2c1OCCO2)C(=O)c1ccc(OCc2c(C)noc2C)cc1. The molecule has 162 valence electrons. The third-order valence-corrected chi connectivity index (χ3v) is 5.34. The first-order valence-electron chi connectivity index (χ1n) is 10.4. The van der Waals surface area contributed by atoms with Crippen LogP contribution in [0.25, 0.3) is 0 Å². The number of carbonyl (C=O) groups excluding carboxylic acids is 1. The lowest BCUT2D eigenvalue weighted by Gasteiger charge is -2.25. The number of nitrogens with zero attached hydrogens (tertiary/aromatic N) is 2. The van der Waals surface area contributed by atoms with E-state index in [2.05, 4.69) is 5.16 Å². The molecule has 7 heteroatoms. The van der Waals surface area contributed by atoms with Gasteiger partial charge in [0.2, 0.25) is 0 Å². The van der Waals surface area contributed by atoms with Crippen molar-refractivity contribution in [2.75, 3.05) is 19.8 Å². The molecule has 0 saturated carbocycles. The Hall–Kier alpha value is -3.48. The average molecular weight is 422 g/mol. The molecule has 2 heterocycles. The number of aromatic nitrogens is 1. The van der Waals surface area contributed by atoms with Gasteiger partial charge in [0.05, 0.1) is 11.3 Å². The maximum absolute atomic E-state index is 13.1. The van der Waals surface area contributed by atoms with Gasteiger partial charge in [-0.3, -0.25) is 4.79 Å². The largest absolute Gasteiger partial charge is 0.489 e. The smallest absolute Gasteiger partial charge is 0.254 e. The summed E-state index contributed by atoms with van der Waals surface area (Å²) in [7, 11) is 0. The van der Waals surface area contributed by atoms with E-state index < -0.39 is 0 Å². The molecule has 1 aliphatic heterocycles. The Bertz CT molecular complexity index is 1040. The highest BCUT2D eigenvalue weighted by molar-refractivity contribution is 5.94. The Balaban J connectivity index is 1.43. The summed E-state index contributed by atoms with van der Waals surface area (Å²) in [5, 5.41) is 3.93. The number of rotatable bonds is 7. The third kappa shape index (κ3) is 4.50. The highest BCUT2D eigenvalue weighted by atomic mass is 16.6. The molecule has 1 amide bonds. The highest BCUT2D eigenvalue weighted by Gasteiger charge is 2.20. The van der Waals surface area contributed by atoms with Gasteiger partial charge in [-0.05, 0) is 51.1 Å². The summed E-state index contributed by atoms with van der Waals surface area (Å²) in [6, 6.07) is 13.0. The van der Waals surface area contributed by atoms with Gasteiger partial charge in [-0.25, -0.2) is 0 Å². The molecule has 0 atom stereocenters. The van der Waals surface area contributed by atoms with E-state index >= 15 is 0 Å². The van der Waals surface area contributed by atoms with Crippen molar-refractivity contribution in [2.24, 2.45) is 0 Å². The zero-order valence-electron chi connectivity index (χ0n) is 18.0. The van der Waals surface area contributed by atoms with E-state index in [0.717, 1.165) is 34.1 Å². The number of carbonyl (C=O) groups is 1. The molecule has 7 nitrogen and oxygen atoms in total. The first kappa shape index (κ1) is 20.8. The van der Waals surface area contributed by atoms with Crippen LogP contribution in [0.3, 0.4) is 0 Å². The minimum Gasteiger partial charge on any atom is -0.489 e. The summed E-state index contributed by atoms with van der Waals surface area (Å²) in [6.07, 6.45) is 0. The molecule has 4 rings (SSSR count). The van der Waals surface area contributed by atoms with Gasteiger partial charge >= 0.3 is 0 Å². The first-order valence-corrected chi connectivity index (χ1v) is 10.4. The standard InChI is InChI=1S/C24H26N2O5/c1-4-26(14-19-6-5-7-22-23(19)29-13-12-28-22)24(27)18-8-10-20(11-9-18)30-15-21-16(2)25-31-17(21)3/h5-11H,4,12-15H2,1-3H3. The van der Waals surface area contributed by atoms with Crippen LogP contribution in [0.4, 0.5) is 0 Å². The van der Waals surface area contributed by atoms with Crippen LogP contribution in [0.15, 0.2) is 47.0 Å². The van der Waals surface area contributed by atoms with Crippen molar-refractivity contribution in [3.8, 4) is 17.2 Å². The number of ether oxygens (including phenoxy) is 3. The topological polar surface area (TPSA) is 74.0 Å². The summed E-state index contributed by atoms with van der Waals surface area (Å²) >= 11 is 0. The fourth-order valence-corrected chi connectivity index (χ4v) is 3.53. The number of benzene rings is 2. The van der Waals surface area contributed by atoms with Crippen molar-refractivity contribution in [3.63, 3.8) is 0 Å². The molecule has 0 N–H and O–H groups in total. The van der Waals surface area contributed by atoms with E-state index in [1.165, 1.54) is 0 Å². The second kappa shape index (κ2) is 9.12. The Morgan fingerprint density at radius 2 is 1.87 bits per heavy atom. The van der Waals surface area contributed by atoms with Crippen LogP contribution in [-0.4, -0.2) is 35.7 Å². The number of hydrogen-bond acceptors (Lipinski definition) is 6. The molecule has 0 bridgehead atoms. The molecule has 0 unspecified atom stereocenters. The Morgan fingerprint density at radius 3 is 2.58 bits per heavy atom. The molecular weight excluding hydrogens is 396 g/mol. The minimum absolute atomic E-state index is 0.0471. The van der Waals surface area contributed by atoms with E-state index in [1.807, 2.05) is 39.0 Å². The van der Waals surface area contributed by atoms with Gasteiger partial charge < -0.3 is 23.6 Å². The molecule has 1 aliphatic rings. The second-order valence-electron chi connectivity index (χ2n) is 7.38. The Kier molecular flexibility index (Phi) is 6.11. The molecule has 2 aromatic carbocycles. The Labute approximate surface area is 181 Å². The van der Waals surface area contributed by atoms with E-state index in [-0.39, 0.29) is 5.91 Å². The summed E-state index contributed by atoms with van der Waals surface area (Å²) < 4.78 is 22.4. The third-order valence-electron chi connectivity index (χ3n) is 5.34. The van der Waals surface area contributed by atoms with Crippen LogP contribution in [0, 0.1) is 13.8 Å². The van der Waals surface area contributed by atoms with Crippen LogP contribution >= 0.6 is 0 Å². The summed E-state index contributed by atoms with van der Waals surface area (Å²) in [6.45, 7) is 8.16. The fraction of sp³-hybridized carbons (Fsp3) is 0.333. The molecule has 0 spiro atoms. The lowest BCUT2D eigenvalue weighted by Crippen LogP contribution is -2.30. The van der Waals surface area contributed by atoms with Gasteiger partial charge in [-0.2, -0.15) is 0 Å². The number of fused-ring (bicyclic) bond motifs is 1. The molecule has 0 fully saturated rings. The van der Waals surface area contributed by atoms with Gasteiger partial charge in [0.15, 0.2) is 11.5 Å². The number of amides is 1. The van der Waals surface area contributed by atoms with Gasteiger partial charge in [0.1, 0.15) is 31.3 Å². The Morgan fingerprint density at radius 1 is 1.10 bits per heavy atom. The molecular formula is C24H26N2O5. The lowest BCUT2D eigenvalue weighted by molar-refractivity contribution is 0.0749. The van der Waals surface area contributed by atoms with Gasteiger partial charge in [-0.15, -0.1) is 0 Å². The lowest BCUT2D eigenvalue weighted by atomic mass is 10.1. The predicted molar refractivity (Wildman–Crippen MR) is 115 cm³/mol. The van der Waals surface area contributed by atoms with Crippen LogP contribution in [0.2, 0.25) is 0 Å². The fourth-order valence-electron chi connectivity index (χ4n) is 3.53. The van der Waals surface area contributed by atoms with E-state index in [1.54, 1.807) is 29.2 Å². The van der Waals surface area contributed by atoms with Crippen LogP contribution < -0.4 is 14.2 Å². The summed E-state index contributed by atoms with van der Waals surface area (Å²) in [4.78, 5) is 14.9. The monoisotopic (exact) mass is 422 g/mol. The molecule has 0 radical (unpaired) electrons. The van der Waals surface area contributed by atoms with Crippen molar-refractivity contribution < 1.29 is 23.5 Å². The van der Waals surface area contributed by atoms with Crippen molar-refractivity contribution in [3.05, 3.63) is 70.6 Å². The van der Waals surface area contributed by atoms with Crippen LogP contribution in [-0.2, 0) is 13.2 Å². The average Bonchev–Trinajstić information content (AvgIpc) is 3.13. The minimum atomic E-state index is -0.0471. The quantitative estimate of drug-likeness (QED) is 0.565. The molecule has 0 aliphatic carbocycles. The number of hydrogen-bond donors (Lipinski definition) is 0. The van der Waals surface area contributed by atoms with Crippen molar-refractivity contribution in [2.45, 2.75) is 33.9 Å². The van der Waals surface area contributed by atoms with Crippen molar-refractivity contribution in [1.29, 1.82) is 0 Å². The maximum atomic E-state index is 13.1. The zero-order chi connectivity index (χ0) is 21.8. The first-order chi connectivity index (χ1) is 15.1. The summed E-state index contributed by atoms with van der Waals surface area (Å²) in [5.74, 6) is 2.84. The molecule has 31 heavy (non-hydrogen) atoms. The van der Waals surface area contributed by atoms with Gasteiger partial charge in [0, 0.05) is 24.2 Å². The van der Waals surface area contributed by atoms with Crippen molar-refractivity contribution >= 4 is 5.91 Å². The zero-order valence-corrected chi connectivity index (χ0v) is 18.0.